The standard InChI is InChI=1S/C13H27N3O/c1-9-6-5-7-11(14)12(9)13(17)15-10(2)8-16(3)4/h9-12H,5-8,14H2,1-4H3,(H,15,17). The molecule has 0 aromatic rings. The minimum Gasteiger partial charge on any atom is -0.352 e. The predicted octanol–water partition coefficient (Wildman–Crippen LogP) is 0.816. The first kappa shape index (κ1) is 14.5. The molecule has 0 aliphatic heterocycles. The Hall–Kier alpha value is -0.610. The number of nitrogens with zero attached hydrogens (tertiary/aromatic N) is 1. The highest BCUT2D eigenvalue weighted by Crippen LogP contribution is 2.29. The van der Waals surface area contributed by atoms with E-state index < -0.39 is 0 Å². The van der Waals surface area contributed by atoms with Crippen molar-refractivity contribution < 1.29 is 4.79 Å². The topological polar surface area (TPSA) is 58.4 Å². The minimum absolute atomic E-state index is 0.00615. The fourth-order valence-corrected chi connectivity index (χ4v) is 2.84. The van der Waals surface area contributed by atoms with E-state index in [2.05, 4.69) is 17.1 Å². The summed E-state index contributed by atoms with van der Waals surface area (Å²) in [7, 11) is 4.02. The van der Waals surface area contributed by atoms with Crippen molar-refractivity contribution in [2.75, 3.05) is 20.6 Å². The molecule has 0 aromatic heterocycles. The third-order valence-electron chi connectivity index (χ3n) is 3.60. The van der Waals surface area contributed by atoms with Gasteiger partial charge in [-0.05, 0) is 39.8 Å². The van der Waals surface area contributed by atoms with Gasteiger partial charge in [-0.15, -0.1) is 0 Å². The van der Waals surface area contributed by atoms with Crippen molar-refractivity contribution in [1.29, 1.82) is 0 Å². The third kappa shape index (κ3) is 4.28. The summed E-state index contributed by atoms with van der Waals surface area (Å²) in [4.78, 5) is 14.3. The van der Waals surface area contributed by atoms with Gasteiger partial charge in [0.15, 0.2) is 0 Å². The lowest BCUT2D eigenvalue weighted by Crippen LogP contribution is -2.50. The normalized spacial score (nSPS) is 31.3. The van der Waals surface area contributed by atoms with Gasteiger partial charge in [0.2, 0.25) is 5.91 Å². The molecule has 0 radical (unpaired) electrons. The number of rotatable bonds is 4. The van der Waals surface area contributed by atoms with Gasteiger partial charge in [-0.25, -0.2) is 0 Å². The van der Waals surface area contributed by atoms with Crippen molar-refractivity contribution in [3.05, 3.63) is 0 Å². The highest BCUT2D eigenvalue weighted by Gasteiger charge is 2.34. The molecule has 1 aliphatic rings. The Labute approximate surface area is 105 Å². The molecule has 1 aliphatic carbocycles. The van der Waals surface area contributed by atoms with Crippen LogP contribution in [-0.4, -0.2) is 43.5 Å². The van der Waals surface area contributed by atoms with Crippen LogP contribution in [-0.2, 0) is 4.79 Å². The first-order valence-electron chi connectivity index (χ1n) is 6.62. The van der Waals surface area contributed by atoms with E-state index >= 15 is 0 Å². The second kappa shape index (κ2) is 6.36. The van der Waals surface area contributed by atoms with Crippen LogP contribution in [0.15, 0.2) is 0 Å². The predicted molar refractivity (Wildman–Crippen MR) is 70.6 cm³/mol. The number of amides is 1. The van der Waals surface area contributed by atoms with E-state index in [-0.39, 0.29) is 23.9 Å². The molecule has 100 valence electrons. The van der Waals surface area contributed by atoms with Crippen LogP contribution >= 0.6 is 0 Å². The summed E-state index contributed by atoms with van der Waals surface area (Å²) in [6, 6.07) is 0.212. The van der Waals surface area contributed by atoms with Gasteiger partial charge in [0, 0.05) is 18.6 Å². The Bertz CT molecular complexity index is 245. The zero-order chi connectivity index (χ0) is 13.0. The number of hydrogen-bond donors (Lipinski definition) is 2. The lowest BCUT2D eigenvalue weighted by atomic mass is 9.76. The molecule has 0 aromatic carbocycles. The van der Waals surface area contributed by atoms with Crippen LogP contribution in [0.4, 0.5) is 0 Å². The summed E-state index contributed by atoms with van der Waals surface area (Å²) < 4.78 is 0. The van der Waals surface area contributed by atoms with Crippen LogP contribution in [0.2, 0.25) is 0 Å². The maximum Gasteiger partial charge on any atom is 0.225 e. The summed E-state index contributed by atoms with van der Waals surface area (Å²) in [5.41, 5.74) is 6.08. The van der Waals surface area contributed by atoms with Crippen LogP contribution in [0.3, 0.4) is 0 Å². The van der Waals surface area contributed by atoms with E-state index in [4.69, 9.17) is 5.73 Å². The second-order valence-corrected chi connectivity index (χ2v) is 5.77. The van der Waals surface area contributed by atoms with E-state index in [1.54, 1.807) is 0 Å². The molecule has 4 heteroatoms. The first-order valence-corrected chi connectivity index (χ1v) is 6.62. The summed E-state index contributed by atoms with van der Waals surface area (Å²) in [5.74, 6) is 0.540. The number of likely N-dealkylation sites (N-methyl/N-ethyl adjacent to an activating group) is 1. The highest BCUT2D eigenvalue weighted by atomic mass is 16.2. The van der Waals surface area contributed by atoms with Crippen molar-refractivity contribution in [2.24, 2.45) is 17.6 Å². The smallest absolute Gasteiger partial charge is 0.225 e. The molecule has 1 fully saturated rings. The van der Waals surface area contributed by atoms with Gasteiger partial charge in [-0.1, -0.05) is 13.3 Å². The van der Waals surface area contributed by atoms with E-state index in [0.717, 1.165) is 25.8 Å². The zero-order valence-electron chi connectivity index (χ0n) is 11.6. The Balaban J connectivity index is 2.50. The van der Waals surface area contributed by atoms with Gasteiger partial charge in [0.05, 0.1) is 5.92 Å². The van der Waals surface area contributed by atoms with Crippen LogP contribution in [0, 0.1) is 11.8 Å². The Kier molecular flexibility index (Phi) is 5.40. The minimum atomic E-state index is -0.00615. The van der Waals surface area contributed by atoms with Gasteiger partial charge in [-0.3, -0.25) is 4.79 Å². The highest BCUT2D eigenvalue weighted by molar-refractivity contribution is 5.80. The molecule has 17 heavy (non-hydrogen) atoms. The average molecular weight is 241 g/mol. The molecule has 1 amide bonds. The molecule has 0 bridgehead atoms. The van der Waals surface area contributed by atoms with Crippen LogP contribution in [0.25, 0.3) is 0 Å². The van der Waals surface area contributed by atoms with Crippen LogP contribution < -0.4 is 11.1 Å². The van der Waals surface area contributed by atoms with Gasteiger partial charge in [0.25, 0.3) is 0 Å². The van der Waals surface area contributed by atoms with Gasteiger partial charge in [0.1, 0.15) is 0 Å². The van der Waals surface area contributed by atoms with Crippen molar-refractivity contribution in [2.45, 2.75) is 45.2 Å². The largest absolute Gasteiger partial charge is 0.352 e. The molecule has 1 saturated carbocycles. The third-order valence-corrected chi connectivity index (χ3v) is 3.60. The van der Waals surface area contributed by atoms with Crippen molar-refractivity contribution in [3.8, 4) is 0 Å². The average Bonchev–Trinajstić information content (AvgIpc) is 2.15. The lowest BCUT2D eigenvalue weighted by molar-refractivity contribution is -0.128. The molecule has 4 atom stereocenters. The molecule has 0 heterocycles. The summed E-state index contributed by atoms with van der Waals surface area (Å²) in [6.45, 7) is 5.04. The molecule has 0 saturated heterocycles. The zero-order valence-corrected chi connectivity index (χ0v) is 11.6. The number of nitrogens with one attached hydrogen (secondary N) is 1. The van der Waals surface area contributed by atoms with E-state index in [0.29, 0.717) is 5.92 Å². The van der Waals surface area contributed by atoms with Crippen LogP contribution in [0.1, 0.15) is 33.1 Å². The van der Waals surface area contributed by atoms with E-state index in [9.17, 15) is 4.79 Å². The summed E-state index contributed by atoms with van der Waals surface area (Å²) in [5, 5.41) is 3.08. The van der Waals surface area contributed by atoms with Crippen molar-refractivity contribution in [3.63, 3.8) is 0 Å². The molecule has 3 N–H and O–H groups in total. The van der Waals surface area contributed by atoms with Crippen molar-refractivity contribution >= 4 is 5.91 Å². The Morgan fingerprint density at radius 2 is 2.12 bits per heavy atom. The molecular weight excluding hydrogens is 214 g/mol. The first-order chi connectivity index (χ1) is 7.91. The molecular formula is C13H27N3O. The quantitative estimate of drug-likeness (QED) is 0.766. The fourth-order valence-electron chi connectivity index (χ4n) is 2.84. The lowest BCUT2D eigenvalue weighted by Gasteiger charge is -2.34. The molecule has 4 unspecified atom stereocenters. The number of carbonyl (C=O) groups is 1. The van der Waals surface area contributed by atoms with Crippen LogP contribution in [0.5, 0.6) is 0 Å². The number of hydrogen-bond acceptors (Lipinski definition) is 3. The van der Waals surface area contributed by atoms with E-state index in [1.807, 2.05) is 21.0 Å². The maximum atomic E-state index is 12.2. The van der Waals surface area contributed by atoms with Gasteiger partial charge < -0.3 is 16.0 Å². The molecule has 1 rings (SSSR count). The Morgan fingerprint density at radius 1 is 1.47 bits per heavy atom. The molecule has 0 spiro atoms. The fraction of sp³-hybridized carbons (Fsp3) is 0.923. The van der Waals surface area contributed by atoms with E-state index in [1.165, 1.54) is 0 Å². The number of nitrogens with two attached hydrogens (primary N) is 1. The SMILES string of the molecule is CC(CN(C)C)NC(=O)C1C(C)CCCC1N. The second-order valence-electron chi connectivity index (χ2n) is 5.77. The summed E-state index contributed by atoms with van der Waals surface area (Å²) >= 11 is 0. The number of carbonyl (C=O) groups excluding carboxylic acids is 1. The van der Waals surface area contributed by atoms with Gasteiger partial charge in [-0.2, -0.15) is 0 Å². The monoisotopic (exact) mass is 241 g/mol. The summed E-state index contributed by atoms with van der Waals surface area (Å²) in [6.07, 6.45) is 3.25. The molecule has 4 nitrogen and oxygen atoms in total. The Morgan fingerprint density at radius 3 is 2.65 bits per heavy atom. The van der Waals surface area contributed by atoms with Crippen molar-refractivity contribution in [1.82, 2.24) is 10.2 Å². The maximum absolute atomic E-state index is 12.2. The van der Waals surface area contributed by atoms with Gasteiger partial charge >= 0.3 is 0 Å².